The number of furan rings is 1. The third kappa shape index (κ3) is 8.93. The van der Waals surface area contributed by atoms with Crippen molar-refractivity contribution in [3.05, 3.63) is 120 Å². The summed E-state index contributed by atoms with van der Waals surface area (Å²) in [6.07, 6.45) is 0.399. The maximum Gasteiger partial charge on any atom is 0.251 e. The van der Waals surface area contributed by atoms with Crippen LogP contribution in [0.25, 0.3) is 22.3 Å². The quantitative estimate of drug-likeness (QED) is 0.122. The maximum atomic E-state index is 13.8. The number of fused-ring (bicyclic) bond motifs is 1. The molecule has 5 aromatic rings. The first-order valence-electron chi connectivity index (χ1n) is 15.1. The van der Waals surface area contributed by atoms with E-state index < -0.39 is 17.0 Å². The van der Waals surface area contributed by atoms with Crippen molar-refractivity contribution in [1.82, 2.24) is 5.32 Å². The Kier molecular flexibility index (Phi) is 10.3. The first kappa shape index (κ1) is 32.7. The number of amides is 2. The van der Waals surface area contributed by atoms with E-state index in [1.165, 1.54) is 0 Å². The van der Waals surface area contributed by atoms with Crippen LogP contribution < -0.4 is 15.4 Å². The molecule has 0 saturated heterocycles. The summed E-state index contributed by atoms with van der Waals surface area (Å²) < 4.78 is 31.7. The molecule has 0 aliphatic heterocycles. The zero-order chi connectivity index (χ0) is 32.7. The summed E-state index contributed by atoms with van der Waals surface area (Å²) in [6.45, 7) is 6.99. The third-order valence-corrected chi connectivity index (χ3v) is 7.90. The molecule has 0 fully saturated rings. The molecular formula is C37H38N2O6S. The van der Waals surface area contributed by atoms with E-state index in [1.54, 1.807) is 12.1 Å². The number of hydrogen-bond acceptors (Lipinski definition) is 5. The van der Waals surface area contributed by atoms with Crippen molar-refractivity contribution in [3.63, 3.8) is 0 Å². The van der Waals surface area contributed by atoms with Gasteiger partial charge < -0.3 is 24.3 Å². The summed E-state index contributed by atoms with van der Waals surface area (Å²) in [7, 11) is 0. The minimum Gasteiger partial charge on any atom is -0.493 e. The molecule has 2 unspecified atom stereocenters. The van der Waals surface area contributed by atoms with Crippen LogP contribution in [0, 0.1) is 5.41 Å². The van der Waals surface area contributed by atoms with E-state index in [9.17, 15) is 13.8 Å². The fraction of sp³-hybridized carbons (Fsp3) is 0.243. The van der Waals surface area contributed by atoms with Gasteiger partial charge in [0.05, 0.1) is 18.3 Å². The predicted molar refractivity (Wildman–Crippen MR) is 183 cm³/mol. The summed E-state index contributed by atoms with van der Waals surface area (Å²) >= 11 is -1.97. The molecule has 0 aliphatic carbocycles. The van der Waals surface area contributed by atoms with Crippen LogP contribution in [0.15, 0.2) is 108 Å². The average Bonchev–Trinajstić information content (AvgIpc) is 3.47. The first-order chi connectivity index (χ1) is 22.0. The zero-order valence-electron chi connectivity index (χ0n) is 26.1. The fourth-order valence-corrected chi connectivity index (χ4v) is 5.19. The summed E-state index contributed by atoms with van der Waals surface area (Å²) in [6, 6.07) is 32.0. The number of nitrogens with one attached hydrogen (secondary N) is 2. The predicted octanol–water partition coefficient (Wildman–Crippen LogP) is 7.44. The summed E-state index contributed by atoms with van der Waals surface area (Å²) in [5.74, 6) is 0.432. The molecule has 46 heavy (non-hydrogen) atoms. The van der Waals surface area contributed by atoms with E-state index in [2.05, 4.69) is 31.4 Å². The van der Waals surface area contributed by atoms with Gasteiger partial charge in [0, 0.05) is 28.7 Å². The van der Waals surface area contributed by atoms with E-state index in [4.69, 9.17) is 13.7 Å². The molecule has 0 bridgehead atoms. The van der Waals surface area contributed by atoms with Crippen molar-refractivity contribution >= 4 is 39.6 Å². The standard InChI is InChI=1S/C37H38N2O6S/c1-37(2,3)24-44-31-18-14-26(15-19-31)32(22-25-8-10-28(11-9-25)35(40)38-20-21-46(42)43)36(41)39-30-16-12-27(13-17-30)34-23-29-6-4-5-7-33(29)45-34/h4-19,23,32H,20-22,24H2,1-3H3,(H,38,40)(H,39,41)(H,42,43). The highest BCUT2D eigenvalue weighted by molar-refractivity contribution is 7.79. The molecule has 0 radical (unpaired) electrons. The molecule has 0 aliphatic rings. The van der Waals surface area contributed by atoms with Gasteiger partial charge in [-0.1, -0.05) is 63.2 Å². The smallest absolute Gasteiger partial charge is 0.251 e. The largest absolute Gasteiger partial charge is 0.493 e. The lowest BCUT2D eigenvalue weighted by molar-refractivity contribution is -0.117. The minimum atomic E-state index is -1.97. The fourth-order valence-electron chi connectivity index (χ4n) is 4.91. The first-order valence-corrected chi connectivity index (χ1v) is 16.4. The lowest BCUT2D eigenvalue weighted by Crippen LogP contribution is -2.27. The van der Waals surface area contributed by atoms with E-state index >= 15 is 0 Å². The van der Waals surface area contributed by atoms with E-state index in [0.717, 1.165) is 39.2 Å². The van der Waals surface area contributed by atoms with Crippen LogP contribution in [-0.2, 0) is 22.3 Å². The average molecular weight is 639 g/mol. The Hall–Kier alpha value is -4.73. The summed E-state index contributed by atoms with van der Waals surface area (Å²) in [5.41, 5.74) is 4.54. The number of ether oxygens (including phenoxy) is 1. The number of carbonyl (C=O) groups is 2. The van der Waals surface area contributed by atoms with Crippen molar-refractivity contribution in [1.29, 1.82) is 0 Å². The van der Waals surface area contributed by atoms with Gasteiger partial charge in [-0.15, -0.1) is 0 Å². The number of para-hydroxylation sites is 1. The lowest BCUT2D eigenvalue weighted by Gasteiger charge is -2.20. The number of rotatable bonds is 12. The van der Waals surface area contributed by atoms with Crippen molar-refractivity contribution in [3.8, 4) is 17.1 Å². The van der Waals surface area contributed by atoms with Crippen molar-refractivity contribution < 1.29 is 27.5 Å². The topological polar surface area (TPSA) is 118 Å². The highest BCUT2D eigenvalue weighted by Gasteiger charge is 2.22. The second-order valence-corrected chi connectivity index (χ2v) is 13.4. The van der Waals surface area contributed by atoms with Crippen LogP contribution in [0.2, 0.25) is 0 Å². The van der Waals surface area contributed by atoms with Gasteiger partial charge in [0.1, 0.15) is 17.1 Å². The number of anilines is 1. The molecule has 4 aromatic carbocycles. The Morgan fingerprint density at radius 3 is 2.26 bits per heavy atom. The maximum absolute atomic E-state index is 13.8. The highest BCUT2D eigenvalue weighted by atomic mass is 32.2. The molecule has 0 spiro atoms. The van der Waals surface area contributed by atoms with Gasteiger partial charge in [-0.2, -0.15) is 0 Å². The van der Waals surface area contributed by atoms with Crippen molar-refractivity contribution in [2.75, 3.05) is 24.2 Å². The zero-order valence-corrected chi connectivity index (χ0v) is 26.9. The van der Waals surface area contributed by atoms with Gasteiger partial charge >= 0.3 is 0 Å². The molecule has 2 amide bonds. The molecule has 2 atom stereocenters. The number of hydrogen-bond donors (Lipinski definition) is 3. The molecule has 0 saturated carbocycles. The van der Waals surface area contributed by atoms with Gasteiger partial charge in [0.15, 0.2) is 11.1 Å². The Morgan fingerprint density at radius 1 is 0.913 bits per heavy atom. The molecule has 238 valence electrons. The SMILES string of the molecule is CC(C)(C)COc1ccc(C(Cc2ccc(C(=O)NCCS(=O)O)cc2)C(=O)Nc2ccc(-c3cc4ccccc4o3)cc2)cc1. The van der Waals surface area contributed by atoms with Gasteiger partial charge in [-0.05, 0) is 83.6 Å². The Morgan fingerprint density at radius 2 is 1.61 bits per heavy atom. The summed E-state index contributed by atoms with van der Waals surface area (Å²) in [5, 5.41) is 6.74. The van der Waals surface area contributed by atoms with E-state index in [-0.39, 0.29) is 29.5 Å². The molecule has 1 heterocycles. The van der Waals surface area contributed by atoms with Crippen LogP contribution in [0.4, 0.5) is 5.69 Å². The van der Waals surface area contributed by atoms with Crippen LogP contribution in [0.1, 0.15) is 48.2 Å². The monoisotopic (exact) mass is 638 g/mol. The molecule has 1 aromatic heterocycles. The number of benzene rings is 4. The molecule has 5 rings (SSSR count). The second kappa shape index (κ2) is 14.6. The van der Waals surface area contributed by atoms with Crippen LogP contribution in [0.5, 0.6) is 5.75 Å². The molecule has 8 nitrogen and oxygen atoms in total. The van der Waals surface area contributed by atoms with Crippen LogP contribution in [0.3, 0.4) is 0 Å². The van der Waals surface area contributed by atoms with Gasteiger partial charge in [0.25, 0.3) is 5.91 Å². The Labute approximate surface area is 271 Å². The Bertz CT molecular complexity index is 1770. The lowest BCUT2D eigenvalue weighted by atomic mass is 9.90. The van der Waals surface area contributed by atoms with Crippen LogP contribution in [-0.4, -0.2) is 39.5 Å². The van der Waals surface area contributed by atoms with Crippen LogP contribution >= 0.6 is 0 Å². The highest BCUT2D eigenvalue weighted by Crippen LogP contribution is 2.30. The molecule has 9 heteroatoms. The van der Waals surface area contributed by atoms with Gasteiger partial charge in [-0.3, -0.25) is 9.59 Å². The molecule has 3 N–H and O–H groups in total. The third-order valence-electron chi connectivity index (χ3n) is 7.35. The van der Waals surface area contributed by atoms with E-state index in [0.29, 0.717) is 24.3 Å². The second-order valence-electron chi connectivity index (χ2n) is 12.4. The Balaban J connectivity index is 1.32. The van der Waals surface area contributed by atoms with Gasteiger partial charge in [0.2, 0.25) is 5.91 Å². The molecular weight excluding hydrogens is 600 g/mol. The van der Waals surface area contributed by atoms with Crippen molar-refractivity contribution in [2.45, 2.75) is 33.1 Å². The van der Waals surface area contributed by atoms with Gasteiger partial charge in [-0.25, -0.2) is 4.21 Å². The number of carbonyl (C=O) groups excluding carboxylic acids is 2. The summed E-state index contributed by atoms with van der Waals surface area (Å²) in [4.78, 5) is 26.2. The van der Waals surface area contributed by atoms with E-state index in [1.807, 2.05) is 91.0 Å². The minimum absolute atomic E-state index is 0.0156. The normalized spacial score (nSPS) is 12.8. The van der Waals surface area contributed by atoms with Crippen molar-refractivity contribution in [2.24, 2.45) is 5.41 Å².